The Balaban J connectivity index is 0.000000143. The highest BCUT2D eigenvalue weighted by molar-refractivity contribution is 6.26. The van der Waals surface area contributed by atoms with Crippen molar-refractivity contribution in [3.8, 4) is 146 Å². The number of rotatable bonds is 14. The minimum absolute atomic E-state index is 0.499. The van der Waals surface area contributed by atoms with Gasteiger partial charge in [-0.3, -0.25) is 9.13 Å². The van der Waals surface area contributed by atoms with E-state index < -0.39 is 0 Å². The van der Waals surface area contributed by atoms with Crippen molar-refractivity contribution in [2.45, 2.75) is 0 Å². The average Bonchev–Trinajstić information content (AvgIpc) is 1.55. The summed E-state index contributed by atoms with van der Waals surface area (Å²) < 4.78 is 18.2. The van der Waals surface area contributed by atoms with Gasteiger partial charge in [0.2, 0.25) is 11.9 Å². The third-order valence-electron chi connectivity index (χ3n) is 23.8. The number of hydrogen-bond donors (Lipinski definition) is 0. The summed E-state index contributed by atoms with van der Waals surface area (Å²) in [5.74, 6) is 3.30. The lowest BCUT2D eigenvalue weighted by molar-refractivity contribution is 0.670. The predicted molar refractivity (Wildman–Crippen MR) is 508 cm³/mol. The van der Waals surface area contributed by atoms with Crippen LogP contribution in [0.2, 0.25) is 0 Å². The van der Waals surface area contributed by atoms with Crippen LogP contribution >= 0.6 is 0 Å². The summed E-state index contributed by atoms with van der Waals surface area (Å²) in [4.78, 5) is 32.1. The van der Waals surface area contributed by atoms with Crippen LogP contribution in [0, 0.1) is 0 Å². The molecular formula is C114H72N8O2. The van der Waals surface area contributed by atoms with Crippen LogP contribution in [-0.4, -0.2) is 39.0 Å². The third-order valence-corrected chi connectivity index (χ3v) is 23.8. The molecule has 0 spiro atoms. The predicted octanol–water partition coefficient (Wildman–Crippen LogP) is 29.7. The van der Waals surface area contributed by atoms with Crippen LogP contribution in [0.4, 0.5) is 0 Å². The van der Waals surface area contributed by atoms with E-state index in [9.17, 15) is 0 Å². The first-order valence-corrected chi connectivity index (χ1v) is 41.7. The Morgan fingerprint density at radius 1 is 0.169 bits per heavy atom. The second-order valence-corrected chi connectivity index (χ2v) is 31.2. The van der Waals surface area contributed by atoms with E-state index in [1.807, 2.05) is 48.5 Å². The molecule has 18 aromatic carbocycles. The molecule has 0 saturated carbocycles. The summed E-state index contributed by atoms with van der Waals surface area (Å²) in [7, 11) is 0. The summed E-state index contributed by atoms with van der Waals surface area (Å²) in [5, 5.41) is 8.46. The number of benzene rings is 18. The highest BCUT2D eigenvalue weighted by atomic mass is 16.3. The van der Waals surface area contributed by atoms with Crippen molar-refractivity contribution in [2.75, 3.05) is 0 Å². The molecule has 0 saturated heterocycles. The molecular weight excluding hydrogens is 1510 g/mol. The molecule has 0 unspecified atom stereocenters. The van der Waals surface area contributed by atoms with Gasteiger partial charge in [0.1, 0.15) is 22.2 Å². The SMILES string of the molecule is c1ccc(-c2ccc(-c3nc(-c4ccc(-c5ccccc5)cc4)nc(-n4c5cc(-c6ccccc6)cc(-c6ccccc6)c5c5ccc6c7ccccc7oc6c54)n3)cc2)cc1.c1ccc(-c2ccc(-c3nc(-c4cccc(-c5ccccc5)c4)nc(-n4c5cc(-c6ccccc6)cc(-c6ccccc6)c5c5ccc6c7ccccc7oc6c54)n3)cc2)cc1. The van der Waals surface area contributed by atoms with E-state index in [1.54, 1.807) is 0 Å². The molecule has 6 aromatic heterocycles. The Bertz CT molecular complexity index is 8040. The summed E-state index contributed by atoms with van der Waals surface area (Å²) in [6.45, 7) is 0. The maximum atomic E-state index is 6.88. The van der Waals surface area contributed by atoms with Crippen LogP contribution < -0.4 is 0 Å². The molecule has 124 heavy (non-hydrogen) atoms. The van der Waals surface area contributed by atoms with Gasteiger partial charge in [0.05, 0.1) is 11.0 Å². The first kappa shape index (κ1) is 72.4. The molecule has 10 heteroatoms. The lowest BCUT2D eigenvalue weighted by Gasteiger charge is -2.13. The van der Waals surface area contributed by atoms with Gasteiger partial charge in [0, 0.05) is 65.3 Å². The quantitative estimate of drug-likeness (QED) is 0.106. The monoisotopic (exact) mass is 1580 g/mol. The minimum Gasteiger partial charge on any atom is -0.454 e. The van der Waals surface area contributed by atoms with Crippen LogP contribution in [0.5, 0.6) is 0 Å². The Morgan fingerprint density at radius 3 is 0.774 bits per heavy atom. The summed E-state index contributed by atoms with van der Waals surface area (Å²) >= 11 is 0. The summed E-state index contributed by atoms with van der Waals surface area (Å²) in [5.41, 5.74) is 28.4. The van der Waals surface area contributed by atoms with Crippen LogP contribution in [0.25, 0.3) is 234 Å². The fourth-order valence-corrected chi connectivity index (χ4v) is 17.8. The van der Waals surface area contributed by atoms with Gasteiger partial charge in [-0.2, -0.15) is 19.9 Å². The lowest BCUT2D eigenvalue weighted by atomic mass is 9.94. The molecule has 0 fully saturated rings. The number of para-hydroxylation sites is 2. The van der Waals surface area contributed by atoms with Crippen molar-refractivity contribution in [1.29, 1.82) is 0 Å². The minimum atomic E-state index is 0.499. The van der Waals surface area contributed by atoms with E-state index in [0.29, 0.717) is 35.2 Å². The van der Waals surface area contributed by atoms with E-state index >= 15 is 0 Å². The molecule has 0 atom stereocenters. The molecule has 0 aliphatic rings. The van der Waals surface area contributed by atoms with Crippen molar-refractivity contribution in [2.24, 2.45) is 0 Å². The Hall–Kier alpha value is -16.8. The Morgan fingerprint density at radius 2 is 0.427 bits per heavy atom. The number of aromatic nitrogens is 8. The number of furan rings is 2. The number of hydrogen-bond acceptors (Lipinski definition) is 8. The molecule has 6 heterocycles. The highest BCUT2D eigenvalue weighted by Gasteiger charge is 2.29. The van der Waals surface area contributed by atoms with Crippen LogP contribution in [0.1, 0.15) is 0 Å². The topological polar surface area (TPSA) is 113 Å². The summed E-state index contributed by atoms with van der Waals surface area (Å²) in [6.07, 6.45) is 0. The first-order valence-electron chi connectivity index (χ1n) is 41.7. The highest BCUT2D eigenvalue weighted by Crippen LogP contribution is 2.49. The van der Waals surface area contributed by atoms with E-state index in [0.717, 1.165) is 199 Å². The molecule has 10 nitrogen and oxygen atoms in total. The van der Waals surface area contributed by atoms with Gasteiger partial charge >= 0.3 is 0 Å². The van der Waals surface area contributed by atoms with E-state index in [4.69, 9.17) is 38.7 Å². The molecule has 0 aliphatic carbocycles. The molecule has 0 aliphatic heterocycles. The second-order valence-electron chi connectivity index (χ2n) is 31.2. The average molecular weight is 1590 g/mol. The van der Waals surface area contributed by atoms with Crippen LogP contribution in [0.3, 0.4) is 0 Å². The molecule has 0 amide bonds. The van der Waals surface area contributed by atoms with Gasteiger partial charge in [-0.05, 0) is 144 Å². The maximum absolute atomic E-state index is 6.88. The lowest BCUT2D eigenvalue weighted by Crippen LogP contribution is -2.06. The fourth-order valence-electron chi connectivity index (χ4n) is 17.8. The smallest absolute Gasteiger partial charge is 0.238 e. The molecule has 24 aromatic rings. The van der Waals surface area contributed by atoms with Crippen LogP contribution in [0.15, 0.2) is 446 Å². The standard InChI is InChI=1S/2C57H36N4O/c1-5-16-37(17-6-1)40-28-30-42(31-29-40)55-58-56(44-25-15-24-43(34-44)38-18-7-2-8-19-38)60-57(59-55)61-50-36-45(39-20-9-3-10-21-39)35-49(41-22-11-4-12-23-41)52(50)48-33-32-47-46-26-13-14-27-51(46)62-54(47)53(48)61;1-5-15-37(16-6-1)40-25-29-43(30-26-40)55-58-56(44-31-27-41(28-32-44)38-17-7-2-8-18-38)60-57(59-55)61-50-36-45(39-19-9-3-10-20-39)35-49(42-21-11-4-12-22-42)52(50)48-34-33-47-46-23-13-14-24-51(46)62-54(47)53(48)61/h2*1-36H. The van der Waals surface area contributed by atoms with Crippen molar-refractivity contribution >= 4 is 87.5 Å². The molecule has 24 rings (SSSR count). The number of fused-ring (bicyclic) bond motifs is 14. The van der Waals surface area contributed by atoms with Gasteiger partial charge < -0.3 is 8.83 Å². The van der Waals surface area contributed by atoms with Crippen LogP contribution in [-0.2, 0) is 0 Å². The van der Waals surface area contributed by atoms with E-state index in [-0.39, 0.29) is 0 Å². The van der Waals surface area contributed by atoms with E-state index in [1.165, 1.54) is 0 Å². The van der Waals surface area contributed by atoms with Gasteiger partial charge in [-0.1, -0.05) is 382 Å². The van der Waals surface area contributed by atoms with E-state index in [2.05, 4.69) is 397 Å². The zero-order valence-corrected chi connectivity index (χ0v) is 67.0. The van der Waals surface area contributed by atoms with Crippen molar-refractivity contribution in [3.63, 3.8) is 0 Å². The zero-order chi connectivity index (χ0) is 82.0. The van der Waals surface area contributed by atoms with Gasteiger partial charge in [0.25, 0.3) is 0 Å². The van der Waals surface area contributed by atoms with Crippen molar-refractivity contribution in [1.82, 2.24) is 39.0 Å². The van der Waals surface area contributed by atoms with Crippen molar-refractivity contribution in [3.05, 3.63) is 437 Å². The largest absolute Gasteiger partial charge is 0.454 e. The maximum Gasteiger partial charge on any atom is 0.238 e. The third kappa shape index (κ3) is 13.1. The normalized spacial score (nSPS) is 11.5. The second kappa shape index (κ2) is 30.8. The van der Waals surface area contributed by atoms with Gasteiger partial charge in [-0.15, -0.1) is 0 Å². The Kier molecular flexibility index (Phi) is 18.0. The molecule has 580 valence electrons. The van der Waals surface area contributed by atoms with Gasteiger partial charge in [0.15, 0.2) is 34.5 Å². The summed E-state index contributed by atoms with van der Waals surface area (Å²) in [6, 6.07) is 153. The van der Waals surface area contributed by atoms with Crippen molar-refractivity contribution < 1.29 is 8.83 Å². The molecule has 0 bridgehead atoms. The zero-order valence-electron chi connectivity index (χ0n) is 67.0. The van der Waals surface area contributed by atoms with Gasteiger partial charge in [-0.25, -0.2) is 9.97 Å². The molecule has 0 radical (unpaired) electrons. The molecule has 0 N–H and O–H groups in total. The number of nitrogens with zero attached hydrogens (tertiary/aromatic N) is 8. The fraction of sp³-hybridized carbons (Fsp3) is 0. The Labute approximate surface area is 713 Å². The first-order chi connectivity index (χ1) is 61.5.